The van der Waals surface area contributed by atoms with Crippen LogP contribution in [0.3, 0.4) is 0 Å². The van der Waals surface area contributed by atoms with E-state index in [1.807, 2.05) is 81.5 Å². The lowest BCUT2D eigenvalue weighted by Crippen LogP contribution is -2.45. The van der Waals surface area contributed by atoms with Gasteiger partial charge in [0.15, 0.2) is 6.29 Å². The third-order valence-corrected chi connectivity index (χ3v) is 11.5. The smallest absolute Gasteiger partial charge is 0.253 e. The molecule has 13 nitrogen and oxygen atoms in total. The molecule has 0 saturated carbocycles. The maximum absolute atomic E-state index is 13.8. The lowest BCUT2D eigenvalue weighted by atomic mass is 9.77. The summed E-state index contributed by atoms with van der Waals surface area (Å²) in [6.45, 7) is 12.8. The van der Waals surface area contributed by atoms with Crippen molar-refractivity contribution in [2.24, 2.45) is 23.2 Å². The van der Waals surface area contributed by atoms with Crippen molar-refractivity contribution in [3.63, 3.8) is 0 Å². The van der Waals surface area contributed by atoms with Crippen LogP contribution in [0.5, 0.6) is 11.5 Å². The van der Waals surface area contributed by atoms with Gasteiger partial charge in [-0.1, -0.05) is 71.0 Å². The van der Waals surface area contributed by atoms with Gasteiger partial charge in [0.25, 0.3) is 11.8 Å². The number of fused-ring (bicyclic) bond motifs is 5. The zero-order chi connectivity index (χ0) is 41.1. The highest BCUT2D eigenvalue weighted by atomic mass is 16.7. The molecule has 2 N–H and O–H groups in total. The van der Waals surface area contributed by atoms with E-state index in [1.54, 1.807) is 6.92 Å². The number of ether oxygens (including phenoxy) is 5. The Labute approximate surface area is 334 Å². The maximum Gasteiger partial charge on any atom is 0.253 e. The summed E-state index contributed by atoms with van der Waals surface area (Å²) in [5.41, 5.74) is 0.425. The number of aliphatic hydroxyl groups is 2. The molecule has 4 amide bonds. The predicted molar refractivity (Wildman–Crippen MR) is 209 cm³/mol. The van der Waals surface area contributed by atoms with E-state index in [-0.39, 0.29) is 80.0 Å². The lowest BCUT2D eigenvalue weighted by Gasteiger charge is -2.32. The molecule has 57 heavy (non-hydrogen) atoms. The molecule has 0 aliphatic carbocycles. The molecule has 0 radical (unpaired) electrons. The van der Waals surface area contributed by atoms with Crippen LogP contribution in [-0.4, -0.2) is 114 Å². The van der Waals surface area contributed by atoms with Crippen molar-refractivity contribution >= 4 is 23.6 Å². The number of nitrogens with zero attached hydrogens (tertiary/aromatic N) is 2. The summed E-state index contributed by atoms with van der Waals surface area (Å²) in [4.78, 5) is 54.1. The summed E-state index contributed by atoms with van der Waals surface area (Å²) < 4.78 is 29.1. The normalized spacial score (nSPS) is 24.5. The molecule has 13 heteroatoms. The molecule has 4 aliphatic rings. The summed E-state index contributed by atoms with van der Waals surface area (Å²) in [6, 6.07) is 15.5. The van der Waals surface area contributed by atoms with Gasteiger partial charge in [-0.3, -0.25) is 29.0 Å². The number of aliphatic hydroxyl groups excluding tert-OH is 2. The van der Waals surface area contributed by atoms with E-state index in [0.29, 0.717) is 30.9 Å². The number of imide groups is 2. The Hall–Kier alpha value is -4.40. The van der Waals surface area contributed by atoms with Gasteiger partial charge in [-0.05, 0) is 66.5 Å². The number of hydrogen-bond donors (Lipinski definition) is 2. The van der Waals surface area contributed by atoms with Crippen LogP contribution in [0.1, 0.15) is 65.5 Å². The van der Waals surface area contributed by atoms with E-state index < -0.39 is 35.9 Å². The minimum absolute atomic E-state index is 0.00583. The van der Waals surface area contributed by atoms with Crippen LogP contribution in [0.4, 0.5) is 0 Å². The second kappa shape index (κ2) is 17.2. The van der Waals surface area contributed by atoms with Crippen LogP contribution >= 0.6 is 0 Å². The van der Waals surface area contributed by atoms with Gasteiger partial charge in [0.2, 0.25) is 11.8 Å². The fourth-order valence-corrected chi connectivity index (χ4v) is 8.55. The van der Waals surface area contributed by atoms with Crippen LogP contribution < -0.4 is 9.47 Å². The van der Waals surface area contributed by atoms with Crippen LogP contribution in [-0.2, 0) is 38.8 Å². The van der Waals surface area contributed by atoms with Crippen molar-refractivity contribution in [1.29, 1.82) is 0 Å². The van der Waals surface area contributed by atoms with E-state index in [9.17, 15) is 24.3 Å². The summed E-state index contributed by atoms with van der Waals surface area (Å²) in [5, 5.41) is 19.7. The molecule has 6 rings (SSSR count). The number of rotatable bonds is 21. The molecule has 2 aromatic carbocycles. The Morgan fingerprint density at radius 3 is 2.12 bits per heavy atom. The summed E-state index contributed by atoms with van der Waals surface area (Å²) in [7, 11) is 0. The summed E-state index contributed by atoms with van der Waals surface area (Å²) >= 11 is 0. The Morgan fingerprint density at radius 2 is 1.49 bits per heavy atom. The minimum atomic E-state index is -1.09. The van der Waals surface area contributed by atoms with Gasteiger partial charge < -0.3 is 33.9 Å². The first kappa shape index (κ1) is 42.2. The quantitative estimate of drug-likeness (QED) is 0.106. The predicted octanol–water partition coefficient (Wildman–Crippen LogP) is 4.18. The van der Waals surface area contributed by atoms with Gasteiger partial charge in [0.1, 0.15) is 29.8 Å². The number of carbonyl (C=O) groups excluding carboxylic acids is 4. The zero-order valence-electron chi connectivity index (χ0n) is 33.7. The van der Waals surface area contributed by atoms with E-state index >= 15 is 0 Å². The van der Waals surface area contributed by atoms with E-state index in [4.69, 9.17) is 28.8 Å². The first-order valence-electron chi connectivity index (χ1n) is 19.8. The van der Waals surface area contributed by atoms with E-state index in [1.165, 1.54) is 22.0 Å². The SMILES string of the molecule is CC(CCN1C(=O)C2C3C=CC(COCC(O)COc4ccc(C(C)(C)c5ccc(OC(C)OCCO)cc5)cc4)(O3)C2C1=O)CC(C)(C)CN1C(=O)C=CC1=O. The largest absolute Gasteiger partial charge is 0.491 e. The molecule has 2 fully saturated rings. The fourth-order valence-electron chi connectivity index (χ4n) is 8.55. The van der Waals surface area contributed by atoms with Crippen LogP contribution in [0, 0.1) is 23.2 Å². The maximum atomic E-state index is 13.8. The van der Waals surface area contributed by atoms with Crippen molar-refractivity contribution in [3.05, 3.63) is 84.0 Å². The highest BCUT2D eigenvalue weighted by Crippen LogP contribution is 2.52. The molecular formula is C44H56N2O11. The number of hydrogen-bond acceptors (Lipinski definition) is 11. The minimum Gasteiger partial charge on any atom is -0.491 e. The molecule has 2 aromatic rings. The third kappa shape index (κ3) is 9.34. The van der Waals surface area contributed by atoms with E-state index in [0.717, 1.165) is 11.1 Å². The Balaban J connectivity index is 0.948. The first-order valence-corrected chi connectivity index (χ1v) is 19.8. The van der Waals surface area contributed by atoms with Gasteiger partial charge in [-0.15, -0.1) is 0 Å². The zero-order valence-corrected chi connectivity index (χ0v) is 33.7. The van der Waals surface area contributed by atoms with E-state index in [2.05, 4.69) is 13.8 Å². The highest BCUT2D eigenvalue weighted by Gasteiger charge is 2.67. The van der Waals surface area contributed by atoms with Crippen molar-refractivity contribution < 1.29 is 53.1 Å². The van der Waals surface area contributed by atoms with Gasteiger partial charge in [-0.25, -0.2) is 0 Å². The first-order chi connectivity index (χ1) is 27.0. The van der Waals surface area contributed by atoms with Crippen molar-refractivity contribution in [3.8, 4) is 11.5 Å². The Morgan fingerprint density at radius 1 is 0.860 bits per heavy atom. The van der Waals surface area contributed by atoms with Gasteiger partial charge in [-0.2, -0.15) is 0 Å². The van der Waals surface area contributed by atoms with Crippen LogP contribution in [0.25, 0.3) is 0 Å². The average molecular weight is 789 g/mol. The number of amides is 4. The second-order valence-electron chi connectivity index (χ2n) is 17.0. The molecule has 7 atom stereocenters. The lowest BCUT2D eigenvalue weighted by molar-refractivity contribution is -0.147. The summed E-state index contributed by atoms with van der Waals surface area (Å²) in [6.07, 6.45) is 5.56. The van der Waals surface area contributed by atoms with Crippen molar-refractivity contribution in [2.45, 2.75) is 83.9 Å². The standard InChI is InChI=1S/C44H56N2O11/c1-28(23-42(3,4)26-46-36(49)15-16-37(46)50)18-20-45-40(51)38-35-17-19-44(57-35,39(38)41(45)52)27-53-24-32(48)25-55-33-11-7-30(8-12-33)43(5,6)31-9-13-34(14-10-31)56-29(2)54-22-21-47/h7-17,19,28-29,32,35,38-39,47-48H,18,20-27H2,1-6H3. The Kier molecular flexibility index (Phi) is 12.7. The fraction of sp³-hybridized carbons (Fsp3) is 0.545. The molecule has 4 heterocycles. The molecule has 308 valence electrons. The highest BCUT2D eigenvalue weighted by molar-refractivity contribution is 6.13. The molecule has 7 unspecified atom stereocenters. The van der Waals surface area contributed by atoms with Gasteiger partial charge >= 0.3 is 0 Å². The molecule has 2 bridgehead atoms. The molecule has 0 spiro atoms. The number of benzene rings is 2. The van der Waals surface area contributed by atoms with Gasteiger partial charge in [0, 0.05) is 30.7 Å². The third-order valence-electron chi connectivity index (χ3n) is 11.5. The number of likely N-dealkylation sites (tertiary alicyclic amines) is 1. The number of carbonyl (C=O) groups is 4. The van der Waals surface area contributed by atoms with Gasteiger partial charge in [0.05, 0.1) is 44.4 Å². The topological polar surface area (TPSA) is 161 Å². The molecular weight excluding hydrogens is 732 g/mol. The van der Waals surface area contributed by atoms with Crippen molar-refractivity contribution in [2.75, 3.05) is 46.1 Å². The molecule has 4 aliphatic heterocycles. The van der Waals surface area contributed by atoms with Crippen LogP contribution in [0.2, 0.25) is 0 Å². The molecule has 0 aromatic heterocycles. The molecule has 2 saturated heterocycles. The monoisotopic (exact) mass is 788 g/mol. The Bertz CT molecular complexity index is 1820. The van der Waals surface area contributed by atoms with Crippen molar-refractivity contribution in [1.82, 2.24) is 9.80 Å². The average Bonchev–Trinajstić information content (AvgIpc) is 3.90. The summed E-state index contributed by atoms with van der Waals surface area (Å²) in [5.74, 6) is -1.05. The van der Waals surface area contributed by atoms with Crippen LogP contribution in [0.15, 0.2) is 72.8 Å². The second-order valence-corrected chi connectivity index (χ2v) is 17.0.